The Morgan fingerprint density at radius 2 is 1.85 bits per heavy atom. The number of nitrogens with two attached hydrogens (primary N) is 1. The van der Waals surface area contributed by atoms with Crippen molar-refractivity contribution in [2.75, 3.05) is 13.7 Å². The van der Waals surface area contributed by atoms with Crippen LogP contribution in [0.2, 0.25) is 0 Å². The molecule has 1 atom stereocenters. The summed E-state index contributed by atoms with van der Waals surface area (Å²) in [5, 5.41) is 0.631. The second-order valence-electron chi connectivity index (χ2n) is 8.60. The fraction of sp³-hybridized carbons (Fsp3) is 0.214. The number of ether oxygens (including phenoxy) is 3. The molecule has 202 valence electrons. The zero-order valence-corrected chi connectivity index (χ0v) is 21.6. The number of primary amides is 1. The van der Waals surface area contributed by atoms with E-state index >= 15 is 0 Å². The van der Waals surface area contributed by atoms with Crippen molar-refractivity contribution in [3.05, 3.63) is 86.7 Å². The van der Waals surface area contributed by atoms with Crippen molar-refractivity contribution >= 4 is 22.8 Å². The molecule has 3 N–H and O–H groups in total. The second-order valence-corrected chi connectivity index (χ2v) is 8.60. The van der Waals surface area contributed by atoms with E-state index in [4.69, 9.17) is 19.9 Å². The van der Waals surface area contributed by atoms with Gasteiger partial charge >= 0.3 is 5.97 Å². The fourth-order valence-corrected chi connectivity index (χ4v) is 4.23. The number of aryl methyl sites for hydroxylation is 1. The lowest BCUT2D eigenvalue weighted by Crippen LogP contribution is -2.32. The highest BCUT2D eigenvalue weighted by molar-refractivity contribution is 5.99. The molecule has 0 unspecified atom stereocenters. The predicted octanol–water partition coefficient (Wildman–Crippen LogP) is 4.63. The van der Waals surface area contributed by atoms with Gasteiger partial charge in [-0.2, -0.15) is 0 Å². The van der Waals surface area contributed by atoms with Crippen LogP contribution in [0.5, 0.6) is 11.6 Å². The summed E-state index contributed by atoms with van der Waals surface area (Å²) < 4.78 is 44.3. The minimum Gasteiger partial charge on any atom is -0.462 e. The Bertz CT molecular complexity index is 1670. The molecule has 2 aromatic carbocycles. The van der Waals surface area contributed by atoms with E-state index in [0.29, 0.717) is 10.9 Å². The average Bonchev–Trinajstić information content (AvgIpc) is 2.90. The Kier molecular flexibility index (Phi) is 7.73. The molecular formula is C28H25F2N3O6. The van der Waals surface area contributed by atoms with Gasteiger partial charge < -0.3 is 24.9 Å². The first-order chi connectivity index (χ1) is 18.6. The number of fused-ring (bicyclic) bond motifs is 1. The summed E-state index contributed by atoms with van der Waals surface area (Å²) in [4.78, 5) is 46.4. The number of nitrogens with one attached hydrogen (secondary N) is 1. The number of carbonyl (C=O) groups excluding carboxylic acids is 2. The first-order valence-corrected chi connectivity index (χ1v) is 11.9. The summed E-state index contributed by atoms with van der Waals surface area (Å²) in [7, 11) is 1.20. The number of hydrogen-bond acceptors (Lipinski definition) is 7. The van der Waals surface area contributed by atoms with Gasteiger partial charge in [0.2, 0.25) is 11.3 Å². The molecule has 0 spiro atoms. The largest absolute Gasteiger partial charge is 0.462 e. The van der Waals surface area contributed by atoms with Gasteiger partial charge in [0.25, 0.3) is 5.91 Å². The number of para-hydroxylation sites is 1. The highest BCUT2D eigenvalue weighted by Gasteiger charge is 2.31. The summed E-state index contributed by atoms with van der Waals surface area (Å²) in [6.07, 6.45) is -1.44. The molecule has 0 saturated carbocycles. The number of aromatic nitrogens is 2. The standard InChI is InChI=1S/C28H25F2N3O6/c1-5-38-28(36)21-23(32-14(3)20(24(21)34)25(37-4)26(31)35)16-12-15-8-6-7-9-18(15)33-27(16)39-19-11-10-17(29)22(30)13(19)2/h6-12,25H,5H2,1-4H3,(H2,31,35)(H,32,34)/t25-/m1/s1. The van der Waals surface area contributed by atoms with Crippen molar-refractivity contribution < 1.29 is 32.6 Å². The molecule has 4 rings (SSSR count). The van der Waals surface area contributed by atoms with Crippen molar-refractivity contribution in [2.24, 2.45) is 5.73 Å². The number of amides is 1. The number of methoxy groups -OCH3 is 1. The molecule has 4 aromatic rings. The summed E-state index contributed by atoms with van der Waals surface area (Å²) in [6.45, 7) is 4.38. The number of pyridine rings is 2. The van der Waals surface area contributed by atoms with Gasteiger partial charge in [-0.3, -0.25) is 9.59 Å². The van der Waals surface area contributed by atoms with Gasteiger partial charge in [0.15, 0.2) is 17.7 Å². The van der Waals surface area contributed by atoms with Gasteiger partial charge in [-0.25, -0.2) is 18.6 Å². The van der Waals surface area contributed by atoms with E-state index < -0.39 is 40.6 Å². The highest BCUT2D eigenvalue weighted by Crippen LogP contribution is 2.37. The number of rotatable bonds is 8. The smallest absolute Gasteiger partial charge is 0.344 e. The molecule has 11 heteroatoms. The number of benzene rings is 2. The van der Waals surface area contributed by atoms with Crippen LogP contribution >= 0.6 is 0 Å². The van der Waals surface area contributed by atoms with E-state index in [-0.39, 0.29) is 46.3 Å². The molecule has 0 fully saturated rings. The first-order valence-electron chi connectivity index (χ1n) is 11.9. The van der Waals surface area contributed by atoms with Gasteiger partial charge in [0, 0.05) is 23.8 Å². The van der Waals surface area contributed by atoms with Crippen LogP contribution in [0.1, 0.15) is 40.2 Å². The molecular weight excluding hydrogens is 512 g/mol. The lowest BCUT2D eigenvalue weighted by molar-refractivity contribution is -0.128. The van der Waals surface area contributed by atoms with Gasteiger partial charge in [0.05, 0.1) is 28.9 Å². The molecule has 2 aromatic heterocycles. The van der Waals surface area contributed by atoms with E-state index in [9.17, 15) is 23.2 Å². The third kappa shape index (κ3) is 5.08. The van der Waals surface area contributed by atoms with Crippen molar-refractivity contribution in [3.8, 4) is 22.9 Å². The van der Waals surface area contributed by atoms with Crippen molar-refractivity contribution in [1.82, 2.24) is 9.97 Å². The minimum atomic E-state index is -1.44. The molecule has 2 heterocycles. The molecule has 0 aliphatic carbocycles. The molecule has 0 bridgehead atoms. The Morgan fingerprint density at radius 3 is 2.51 bits per heavy atom. The molecule has 0 radical (unpaired) electrons. The Labute approximate surface area is 221 Å². The monoisotopic (exact) mass is 537 g/mol. The third-order valence-electron chi connectivity index (χ3n) is 6.13. The van der Waals surface area contributed by atoms with E-state index in [1.54, 1.807) is 37.3 Å². The topological polar surface area (TPSA) is 134 Å². The van der Waals surface area contributed by atoms with Crippen LogP contribution < -0.4 is 15.9 Å². The van der Waals surface area contributed by atoms with Crippen LogP contribution in [0.25, 0.3) is 22.2 Å². The number of nitrogens with zero attached hydrogens (tertiary/aromatic N) is 1. The summed E-state index contributed by atoms with van der Waals surface area (Å²) in [5.41, 5.74) is 4.71. The van der Waals surface area contributed by atoms with Gasteiger partial charge in [-0.05, 0) is 45.0 Å². The van der Waals surface area contributed by atoms with E-state index in [0.717, 1.165) is 6.07 Å². The van der Waals surface area contributed by atoms with Crippen LogP contribution in [0, 0.1) is 25.5 Å². The lowest BCUT2D eigenvalue weighted by Gasteiger charge is -2.19. The van der Waals surface area contributed by atoms with Crippen molar-refractivity contribution in [3.63, 3.8) is 0 Å². The zero-order chi connectivity index (χ0) is 28.4. The normalized spacial score (nSPS) is 11.8. The fourth-order valence-electron chi connectivity index (χ4n) is 4.23. The Balaban J connectivity index is 2.06. The minimum absolute atomic E-state index is 0.0208. The number of hydrogen-bond donors (Lipinski definition) is 2. The molecule has 0 aliphatic rings. The van der Waals surface area contributed by atoms with Gasteiger partial charge in [-0.1, -0.05) is 18.2 Å². The van der Waals surface area contributed by atoms with Crippen LogP contribution in [0.15, 0.2) is 47.3 Å². The molecule has 39 heavy (non-hydrogen) atoms. The van der Waals surface area contributed by atoms with Crippen LogP contribution in [-0.2, 0) is 14.3 Å². The summed E-state index contributed by atoms with van der Waals surface area (Å²) in [5.74, 6) is -4.17. The lowest BCUT2D eigenvalue weighted by atomic mass is 9.98. The SMILES string of the molecule is CCOC(=O)c1c(-c2cc3ccccc3nc2Oc2ccc(F)c(F)c2C)[nH]c(C)c([C@@H](OC)C(N)=O)c1=O. The average molecular weight is 538 g/mol. The van der Waals surface area contributed by atoms with Crippen molar-refractivity contribution in [1.29, 1.82) is 0 Å². The van der Waals surface area contributed by atoms with E-state index in [2.05, 4.69) is 9.97 Å². The quantitative estimate of drug-likeness (QED) is 0.313. The molecule has 1 amide bonds. The highest BCUT2D eigenvalue weighted by atomic mass is 19.2. The molecule has 9 nitrogen and oxygen atoms in total. The maximum absolute atomic E-state index is 14.3. The second kappa shape index (κ2) is 11.0. The maximum atomic E-state index is 14.3. The van der Waals surface area contributed by atoms with Crippen molar-refractivity contribution in [2.45, 2.75) is 26.9 Å². The van der Waals surface area contributed by atoms with Crippen LogP contribution in [-0.4, -0.2) is 35.6 Å². The number of halogens is 2. The van der Waals surface area contributed by atoms with Gasteiger partial charge in [0.1, 0.15) is 11.3 Å². The maximum Gasteiger partial charge on any atom is 0.344 e. The number of esters is 1. The van der Waals surface area contributed by atoms with Crippen LogP contribution in [0.3, 0.4) is 0 Å². The van der Waals surface area contributed by atoms with Gasteiger partial charge in [-0.15, -0.1) is 0 Å². The van der Waals surface area contributed by atoms with Crippen LogP contribution in [0.4, 0.5) is 8.78 Å². The summed E-state index contributed by atoms with van der Waals surface area (Å²) in [6, 6.07) is 10.8. The predicted molar refractivity (Wildman–Crippen MR) is 139 cm³/mol. The Hall–Kier alpha value is -4.64. The number of carbonyl (C=O) groups is 2. The Morgan fingerprint density at radius 1 is 1.13 bits per heavy atom. The van der Waals surface area contributed by atoms with E-state index in [1.165, 1.54) is 27.0 Å². The third-order valence-corrected chi connectivity index (χ3v) is 6.13. The zero-order valence-electron chi connectivity index (χ0n) is 21.6. The summed E-state index contributed by atoms with van der Waals surface area (Å²) >= 11 is 0. The first kappa shape index (κ1) is 27.4. The number of H-pyrrole nitrogens is 1. The molecule has 0 aliphatic heterocycles. The molecule has 0 saturated heterocycles. The van der Waals surface area contributed by atoms with E-state index in [1.807, 2.05) is 0 Å². The number of aromatic amines is 1.